The van der Waals surface area contributed by atoms with Crippen molar-refractivity contribution in [3.63, 3.8) is 0 Å². The quantitative estimate of drug-likeness (QED) is 0.312. The van der Waals surface area contributed by atoms with Crippen molar-refractivity contribution in [2.45, 2.75) is 51.9 Å². The van der Waals surface area contributed by atoms with Crippen LogP contribution in [0.25, 0.3) is 0 Å². The van der Waals surface area contributed by atoms with E-state index < -0.39 is 0 Å². The molecule has 0 N–H and O–H groups in total. The molecule has 0 aromatic carbocycles. The summed E-state index contributed by atoms with van der Waals surface area (Å²) in [5, 5.41) is 3.41. The lowest BCUT2D eigenvalue weighted by Gasteiger charge is -2.33. The maximum absolute atomic E-state index is 3.60. The maximum Gasteiger partial charge on any atom is 0.00365 e. The van der Waals surface area contributed by atoms with E-state index in [-0.39, 0.29) is 0 Å². The number of hydrogen-bond donors (Lipinski definition) is 0. The third kappa shape index (κ3) is 7.38. The number of hydrogen-bond acceptors (Lipinski definition) is 0. The van der Waals surface area contributed by atoms with Gasteiger partial charge in [-0.25, -0.2) is 0 Å². The minimum absolute atomic E-state index is 0.561. The van der Waals surface area contributed by atoms with E-state index in [0.717, 1.165) is 16.0 Å². The third-order valence-electron chi connectivity index (χ3n) is 3.19. The van der Waals surface area contributed by atoms with Gasteiger partial charge in [-0.05, 0) is 31.1 Å². The van der Waals surface area contributed by atoms with Crippen molar-refractivity contribution < 1.29 is 0 Å². The smallest absolute Gasteiger partial charge is 0.00365 e. The van der Waals surface area contributed by atoms with Gasteiger partial charge < -0.3 is 0 Å². The molecular weight excluding hydrogens is 384 g/mol. The summed E-state index contributed by atoms with van der Waals surface area (Å²) in [6.07, 6.45) is 9.44. The molecule has 0 saturated heterocycles. The van der Waals surface area contributed by atoms with Gasteiger partial charge in [0, 0.05) is 16.0 Å². The standard InChI is InChI=1S/C12H23Br3/c1-2-3-4-5-12(6-9-13,7-10-14)8-11-15/h2-11H2,1H3. The molecule has 0 aliphatic heterocycles. The van der Waals surface area contributed by atoms with E-state index in [1.165, 1.54) is 44.9 Å². The van der Waals surface area contributed by atoms with Gasteiger partial charge in [-0.2, -0.15) is 0 Å². The molecule has 0 fully saturated rings. The topological polar surface area (TPSA) is 0 Å². The second-order valence-corrected chi connectivity index (χ2v) is 6.65. The van der Waals surface area contributed by atoms with Crippen molar-refractivity contribution in [1.82, 2.24) is 0 Å². The summed E-state index contributed by atoms with van der Waals surface area (Å²) >= 11 is 10.8. The first kappa shape index (κ1) is 16.4. The SMILES string of the molecule is CCCCCC(CCBr)(CCBr)CCBr. The molecule has 0 aromatic heterocycles. The Kier molecular flexibility index (Phi) is 11.6. The Morgan fingerprint density at radius 1 is 0.733 bits per heavy atom. The Hall–Kier alpha value is 1.44. The van der Waals surface area contributed by atoms with Crippen molar-refractivity contribution in [2.24, 2.45) is 5.41 Å². The highest BCUT2D eigenvalue weighted by molar-refractivity contribution is 9.09. The predicted octanol–water partition coefficient (Wildman–Crippen LogP) is 5.91. The average Bonchev–Trinajstić information content (AvgIpc) is 2.19. The molecule has 0 atom stereocenters. The zero-order valence-electron chi connectivity index (χ0n) is 9.70. The van der Waals surface area contributed by atoms with Gasteiger partial charge in [0.25, 0.3) is 0 Å². The molecule has 15 heavy (non-hydrogen) atoms. The van der Waals surface area contributed by atoms with Crippen LogP contribution in [-0.4, -0.2) is 16.0 Å². The van der Waals surface area contributed by atoms with Crippen molar-refractivity contribution >= 4 is 47.8 Å². The summed E-state index contributed by atoms with van der Waals surface area (Å²) in [4.78, 5) is 0. The van der Waals surface area contributed by atoms with Crippen LogP contribution < -0.4 is 0 Å². The molecule has 0 aliphatic rings. The molecule has 0 saturated carbocycles. The highest BCUT2D eigenvalue weighted by Gasteiger charge is 2.27. The predicted molar refractivity (Wildman–Crippen MR) is 81.8 cm³/mol. The summed E-state index contributed by atoms with van der Waals surface area (Å²) in [6, 6.07) is 0. The molecule has 3 heteroatoms. The normalized spacial score (nSPS) is 12.0. The molecule has 0 aromatic rings. The van der Waals surface area contributed by atoms with Crippen LogP contribution in [0.3, 0.4) is 0 Å². The van der Waals surface area contributed by atoms with E-state index in [0.29, 0.717) is 5.41 Å². The van der Waals surface area contributed by atoms with Gasteiger partial charge in [0.05, 0.1) is 0 Å². The van der Waals surface area contributed by atoms with Gasteiger partial charge in [0.1, 0.15) is 0 Å². The van der Waals surface area contributed by atoms with Gasteiger partial charge in [-0.15, -0.1) is 0 Å². The van der Waals surface area contributed by atoms with Crippen LogP contribution in [-0.2, 0) is 0 Å². The van der Waals surface area contributed by atoms with Gasteiger partial charge in [0.15, 0.2) is 0 Å². The lowest BCUT2D eigenvalue weighted by Crippen LogP contribution is -2.23. The van der Waals surface area contributed by atoms with E-state index in [9.17, 15) is 0 Å². The van der Waals surface area contributed by atoms with Gasteiger partial charge >= 0.3 is 0 Å². The lowest BCUT2D eigenvalue weighted by atomic mass is 9.75. The minimum Gasteiger partial charge on any atom is -0.0928 e. The molecule has 0 radical (unpaired) electrons. The first-order chi connectivity index (χ1) is 7.24. The van der Waals surface area contributed by atoms with Crippen molar-refractivity contribution in [2.75, 3.05) is 16.0 Å². The highest BCUT2D eigenvalue weighted by Crippen LogP contribution is 2.38. The Morgan fingerprint density at radius 3 is 1.53 bits per heavy atom. The lowest BCUT2D eigenvalue weighted by molar-refractivity contribution is 0.229. The van der Waals surface area contributed by atoms with Crippen LogP contribution in [0.1, 0.15) is 51.9 Å². The zero-order chi connectivity index (χ0) is 11.6. The van der Waals surface area contributed by atoms with E-state index in [1.54, 1.807) is 0 Å². The molecule has 0 aliphatic carbocycles. The number of alkyl halides is 3. The van der Waals surface area contributed by atoms with E-state index in [1.807, 2.05) is 0 Å². The molecule has 0 nitrogen and oxygen atoms in total. The largest absolute Gasteiger partial charge is 0.0928 e. The first-order valence-electron chi connectivity index (χ1n) is 5.92. The fraction of sp³-hybridized carbons (Fsp3) is 1.00. The molecule has 0 rings (SSSR count). The summed E-state index contributed by atoms with van der Waals surface area (Å²) < 4.78 is 0. The fourth-order valence-corrected chi connectivity index (χ4v) is 4.62. The average molecular weight is 407 g/mol. The Morgan fingerprint density at radius 2 is 1.20 bits per heavy atom. The van der Waals surface area contributed by atoms with Crippen LogP contribution in [0, 0.1) is 5.41 Å². The van der Waals surface area contributed by atoms with Crippen LogP contribution in [0.4, 0.5) is 0 Å². The summed E-state index contributed by atoms with van der Waals surface area (Å²) in [5.74, 6) is 0. The van der Waals surface area contributed by atoms with E-state index >= 15 is 0 Å². The van der Waals surface area contributed by atoms with Gasteiger partial charge in [-0.1, -0.05) is 74.0 Å². The van der Waals surface area contributed by atoms with Crippen molar-refractivity contribution in [1.29, 1.82) is 0 Å². The summed E-state index contributed by atoms with van der Waals surface area (Å²) in [5.41, 5.74) is 0.561. The van der Waals surface area contributed by atoms with Crippen LogP contribution >= 0.6 is 47.8 Å². The second kappa shape index (κ2) is 10.6. The Balaban J connectivity index is 4.18. The Bertz CT molecular complexity index is 120. The van der Waals surface area contributed by atoms with Gasteiger partial charge in [0.2, 0.25) is 0 Å². The van der Waals surface area contributed by atoms with Crippen LogP contribution in [0.15, 0.2) is 0 Å². The molecule has 0 spiro atoms. The third-order valence-corrected chi connectivity index (χ3v) is 4.37. The molecule has 0 heterocycles. The van der Waals surface area contributed by atoms with Crippen LogP contribution in [0.5, 0.6) is 0 Å². The molecule has 0 unspecified atom stereocenters. The van der Waals surface area contributed by atoms with E-state index in [2.05, 4.69) is 54.7 Å². The second-order valence-electron chi connectivity index (χ2n) is 4.27. The fourth-order valence-electron chi connectivity index (χ4n) is 2.10. The highest BCUT2D eigenvalue weighted by atomic mass is 79.9. The van der Waals surface area contributed by atoms with Gasteiger partial charge in [-0.3, -0.25) is 0 Å². The Labute approximate surface area is 120 Å². The molecule has 92 valence electrons. The first-order valence-corrected chi connectivity index (χ1v) is 9.29. The maximum atomic E-state index is 3.60. The van der Waals surface area contributed by atoms with Crippen molar-refractivity contribution in [3.8, 4) is 0 Å². The summed E-state index contributed by atoms with van der Waals surface area (Å²) in [6.45, 7) is 2.28. The molecule has 0 bridgehead atoms. The monoisotopic (exact) mass is 404 g/mol. The summed E-state index contributed by atoms with van der Waals surface area (Å²) in [7, 11) is 0. The number of unbranched alkanes of at least 4 members (excludes halogenated alkanes) is 2. The minimum atomic E-state index is 0.561. The van der Waals surface area contributed by atoms with Crippen molar-refractivity contribution in [3.05, 3.63) is 0 Å². The number of rotatable bonds is 10. The molecular formula is C12H23Br3. The van der Waals surface area contributed by atoms with E-state index in [4.69, 9.17) is 0 Å². The zero-order valence-corrected chi connectivity index (χ0v) is 14.5. The van der Waals surface area contributed by atoms with Crippen LogP contribution in [0.2, 0.25) is 0 Å². The molecule has 0 amide bonds. The number of halogens is 3.